The highest BCUT2D eigenvalue weighted by atomic mass is 16.3. The molecule has 0 radical (unpaired) electrons. The molecule has 4 heterocycles. The number of nitrogens with zero attached hydrogens (tertiary/aromatic N) is 5. The Morgan fingerprint density at radius 2 is 1.90 bits per heavy atom. The fraction of sp³-hybridized carbons (Fsp3) is 0.419. The number of aromatic nitrogens is 4. The van der Waals surface area contributed by atoms with Gasteiger partial charge in [0.05, 0.1) is 11.8 Å². The van der Waals surface area contributed by atoms with Crippen molar-refractivity contribution in [3.8, 4) is 11.1 Å². The lowest BCUT2D eigenvalue weighted by Gasteiger charge is -2.28. The van der Waals surface area contributed by atoms with E-state index in [1.807, 2.05) is 45.0 Å². The van der Waals surface area contributed by atoms with Crippen LogP contribution in [0.2, 0.25) is 0 Å². The number of hydrogen-bond donors (Lipinski definition) is 1. The van der Waals surface area contributed by atoms with E-state index < -0.39 is 6.04 Å². The summed E-state index contributed by atoms with van der Waals surface area (Å²) in [5.74, 6) is 0.963. The van der Waals surface area contributed by atoms with E-state index >= 15 is 0 Å². The zero-order chi connectivity index (χ0) is 29.1. The molecule has 3 aromatic heterocycles. The van der Waals surface area contributed by atoms with Gasteiger partial charge in [-0.15, -0.1) is 0 Å². The molecular weight excluding hydrogens is 520 g/mol. The molecule has 41 heavy (non-hydrogen) atoms. The third kappa shape index (κ3) is 4.92. The second kappa shape index (κ2) is 9.94. The van der Waals surface area contributed by atoms with Gasteiger partial charge in [0.15, 0.2) is 5.78 Å². The fourth-order valence-corrected chi connectivity index (χ4v) is 6.30. The van der Waals surface area contributed by atoms with Crippen LogP contribution in [0.4, 0.5) is 0 Å². The second-order valence-electron chi connectivity index (χ2n) is 11.9. The van der Waals surface area contributed by atoms with Crippen molar-refractivity contribution >= 4 is 28.5 Å². The van der Waals surface area contributed by atoms with Crippen LogP contribution in [-0.4, -0.2) is 60.4 Å². The molecule has 1 saturated carbocycles. The number of aryl methyl sites for hydroxylation is 2. The molecule has 1 aliphatic heterocycles. The first-order chi connectivity index (χ1) is 19.5. The van der Waals surface area contributed by atoms with Crippen LogP contribution in [0, 0.1) is 19.3 Å². The van der Waals surface area contributed by atoms with Crippen LogP contribution in [0.5, 0.6) is 0 Å². The number of furan rings is 1. The summed E-state index contributed by atoms with van der Waals surface area (Å²) in [7, 11) is 0. The van der Waals surface area contributed by atoms with Gasteiger partial charge in [-0.05, 0) is 74.4 Å². The van der Waals surface area contributed by atoms with Gasteiger partial charge in [0, 0.05) is 48.8 Å². The molecule has 1 saturated heterocycles. The summed E-state index contributed by atoms with van der Waals surface area (Å²) >= 11 is 0. The standard InChI is InChI=1S/C31H34N6O4/c1-17-9-21(22-14-32-20(4)33-15-22)11-24-28(19(3)38)35-36(29(17)24)16-27(39)37-25(12-31(5)13-26(31)37)30(40)34-18(2)10-23-7-6-8-41-23/h6-9,11,14-15,18,25-26H,10,12-13,16H2,1-5H3,(H,34,40)/t18?,25-,26+,31-/m0/s1. The summed E-state index contributed by atoms with van der Waals surface area (Å²) in [4.78, 5) is 50.2. The Kier molecular flexibility index (Phi) is 6.51. The molecule has 1 aliphatic carbocycles. The Morgan fingerprint density at radius 3 is 2.59 bits per heavy atom. The van der Waals surface area contributed by atoms with Crippen LogP contribution in [-0.2, 0) is 22.6 Å². The summed E-state index contributed by atoms with van der Waals surface area (Å²) in [6.07, 6.45) is 7.21. The van der Waals surface area contributed by atoms with E-state index in [4.69, 9.17) is 4.42 Å². The van der Waals surface area contributed by atoms with E-state index in [1.54, 1.807) is 28.2 Å². The molecule has 2 amide bonds. The highest BCUT2D eigenvalue weighted by Crippen LogP contribution is 2.59. The number of piperidine rings is 1. The Hall–Kier alpha value is -4.34. The summed E-state index contributed by atoms with van der Waals surface area (Å²) < 4.78 is 7.04. The van der Waals surface area contributed by atoms with Crippen molar-refractivity contribution in [3.05, 3.63) is 65.8 Å². The number of hydrogen-bond acceptors (Lipinski definition) is 7. The first-order valence-corrected chi connectivity index (χ1v) is 14.0. The molecule has 0 spiro atoms. The molecule has 6 rings (SSSR count). The maximum atomic E-state index is 13.9. The third-order valence-electron chi connectivity index (χ3n) is 8.47. The molecule has 1 unspecified atom stereocenters. The van der Waals surface area contributed by atoms with Gasteiger partial charge in [-0.3, -0.25) is 19.1 Å². The number of ketones is 1. The van der Waals surface area contributed by atoms with Crippen LogP contribution in [0.1, 0.15) is 61.2 Å². The minimum atomic E-state index is -0.548. The van der Waals surface area contributed by atoms with E-state index in [-0.39, 0.29) is 41.6 Å². The molecule has 10 heteroatoms. The van der Waals surface area contributed by atoms with E-state index in [0.29, 0.717) is 29.7 Å². The van der Waals surface area contributed by atoms with Crippen LogP contribution in [0.25, 0.3) is 22.0 Å². The fourth-order valence-electron chi connectivity index (χ4n) is 6.30. The molecule has 10 nitrogen and oxygen atoms in total. The molecule has 2 aliphatic rings. The molecule has 212 valence electrons. The molecular formula is C31H34N6O4. The topological polar surface area (TPSA) is 123 Å². The smallest absolute Gasteiger partial charge is 0.245 e. The van der Waals surface area contributed by atoms with Gasteiger partial charge in [-0.2, -0.15) is 5.10 Å². The Morgan fingerprint density at radius 1 is 1.15 bits per heavy atom. The van der Waals surface area contributed by atoms with Crippen LogP contribution < -0.4 is 5.32 Å². The summed E-state index contributed by atoms with van der Waals surface area (Å²) in [6.45, 7) is 9.25. The molecule has 4 atom stereocenters. The minimum Gasteiger partial charge on any atom is -0.469 e. The minimum absolute atomic E-state index is 0.0227. The molecule has 1 N–H and O–H groups in total. The van der Waals surface area contributed by atoms with E-state index in [9.17, 15) is 14.4 Å². The summed E-state index contributed by atoms with van der Waals surface area (Å²) in [5.41, 5.74) is 3.57. The number of likely N-dealkylation sites (tertiary alicyclic amines) is 1. The van der Waals surface area contributed by atoms with E-state index in [1.165, 1.54) is 6.92 Å². The normalized spacial score (nSPS) is 22.0. The number of amides is 2. The predicted molar refractivity (Wildman–Crippen MR) is 152 cm³/mol. The largest absolute Gasteiger partial charge is 0.469 e. The summed E-state index contributed by atoms with van der Waals surface area (Å²) in [6, 6.07) is 6.94. The number of rotatable bonds is 8. The van der Waals surface area contributed by atoms with Crippen molar-refractivity contribution in [1.82, 2.24) is 30.0 Å². The maximum Gasteiger partial charge on any atom is 0.245 e. The number of fused-ring (bicyclic) bond motifs is 2. The molecule has 0 bridgehead atoms. The van der Waals surface area contributed by atoms with Crippen molar-refractivity contribution in [2.24, 2.45) is 5.41 Å². The molecule has 2 fully saturated rings. The van der Waals surface area contributed by atoms with Crippen molar-refractivity contribution in [3.63, 3.8) is 0 Å². The number of carbonyl (C=O) groups is 3. The van der Waals surface area contributed by atoms with Crippen molar-refractivity contribution < 1.29 is 18.8 Å². The maximum absolute atomic E-state index is 13.9. The average Bonchev–Trinajstić information content (AvgIpc) is 3.29. The van der Waals surface area contributed by atoms with Gasteiger partial charge < -0.3 is 14.6 Å². The lowest BCUT2D eigenvalue weighted by atomic mass is 10.0. The predicted octanol–water partition coefficient (Wildman–Crippen LogP) is 4.03. The number of benzene rings is 1. The average molecular weight is 555 g/mol. The highest BCUT2D eigenvalue weighted by Gasteiger charge is 2.64. The molecule has 4 aromatic rings. The quantitative estimate of drug-likeness (QED) is 0.326. The third-order valence-corrected chi connectivity index (χ3v) is 8.47. The summed E-state index contributed by atoms with van der Waals surface area (Å²) in [5, 5.41) is 8.36. The lowest BCUT2D eigenvalue weighted by molar-refractivity contribution is -0.140. The monoisotopic (exact) mass is 554 g/mol. The SMILES string of the molecule is CC(=O)c1nn(CC(=O)N2[C@H](C(=O)NC(C)Cc3ccco3)C[C@@]3(C)C[C@@H]23)c2c(C)cc(-c3cnc(C)nc3)cc12. The number of carbonyl (C=O) groups excluding carboxylic acids is 3. The highest BCUT2D eigenvalue weighted by molar-refractivity contribution is 6.07. The van der Waals surface area contributed by atoms with Gasteiger partial charge in [0.1, 0.15) is 29.9 Å². The van der Waals surface area contributed by atoms with E-state index in [0.717, 1.165) is 34.4 Å². The first-order valence-electron chi connectivity index (χ1n) is 14.0. The Labute approximate surface area is 238 Å². The van der Waals surface area contributed by atoms with Gasteiger partial charge >= 0.3 is 0 Å². The van der Waals surface area contributed by atoms with Gasteiger partial charge in [-0.1, -0.05) is 6.92 Å². The van der Waals surface area contributed by atoms with Crippen LogP contribution >= 0.6 is 0 Å². The van der Waals surface area contributed by atoms with Crippen molar-refractivity contribution in [2.45, 2.75) is 78.6 Å². The zero-order valence-electron chi connectivity index (χ0n) is 24.0. The van der Waals surface area contributed by atoms with Crippen molar-refractivity contribution in [2.75, 3.05) is 0 Å². The van der Waals surface area contributed by atoms with Crippen molar-refractivity contribution in [1.29, 1.82) is 0 Å². The van der Waals surface area contributed by atoms with E-state index in [2.05, 4.69) is 27.3 Å². The zero-order valence-corrected chi connectivity index (χ0v) is 24.0. The van der Waals surface area contributed by atoms with Gasteiger partial charge in [-0.25, -0.2) is 9.97 Å². The van der Waals surface area contributed by atoms with Crippen LogP contribution in [0.3, 0.4) is 0 Å². The Bertz CT molecular complexity index is 1660. The lowest BCUT2D eigenvalue weighted by Crippen LogP contribution is -2.51. The van der Waals surface area contributed by atoms with Gasteiger partial charge in [0.2, 0.25) is 11.8 Å². The van der Waals surface area contributed by atoms with Gasteiger partial charge in [0.25, 0.3) is 0 Å². The number of Topliss-reactive ketones (excluding diaryl/α,β-unsaturated/α-hetero) is 1. The second-order valence-corrected chi connectivity index (χ2v) is 11.9. The molecule has 1 aromatic carbocycles. The number of nitrogens with one attached hydrogen (secondary N) is 1. The first kappa shape index (κ1) is 26.9. The Balaban J connectivity index is 1.27. The van der Waals surface area contributed by atoms with Crippen LogP contribution in [0.15, 0.2) is 47.3 Å².